The van der Waals surface area contributed by atoms with Crippen LogP contribution in [0.1, 0.15) is 43.7 Å². The van der Waals surface area contributed by atoms with E-state index in [0.29, 0.717) is 30.1 Å². The van der Waals surface area contributed by atoms with E-state index >= 15 is 0 Å². The Labute approximate surface area is 176 Å². The van der Waals surface area contributed by atoms with Crippen LogP contribution in [0.5, 0.6) is 0 Å². The molecule has 0 radical (unpaired) electrons. The normalized spacial score (nSPS) is 15.0. The van der Waals surface area contributed by atoms with E-state index in [2.05, 4.69) is 17.6 Å². The topological polar surface area (TPSA) is 67.4 Å². The maximum atomic E-state index is 12.9. The Bertz CT molecular complexity index is 845. The van der Waals surface area contributed by atoms with Crippen molar-refractivity contribution in [2.24, 2.45) is 5.41 Å². The Morgan fingerprint density at radius 1 is 1.07 bits per heavy atom. The Morgan fingerprint density at radius 2 is 1.76 bits per heavy atom. The molecule has 1 fully saturated rings. The fraction of sp³-hybridized carbons (Fsp3) is 0.391. The molecule has 0 saturated heterocycles. The predicted molar refractivity (Wildman–Crippen MR) is 115 cm³/mol. The van der Waals surface area contributed by atoms with Crippen LogP contribution in [0.25, 0.3) is 0 Å². The van der Waals surface area contributed by atoms with Crippen molar-refractivity contribution in [2.75, 3.05) is 11.9 Å². The molecule has 29 heavy (non-hydrogen) atoms. The van der Waals surface area contributed by atoms with Gasteiger partial charge < -0.3 is 10.1 Å². The molecule has 0 aliphatic heterocycles. The third kappa shape index (κ3) is 5.51. The van der Waals surface area contributed by atoms with Crippen molar-refractivity contribution >= 4 is 29.3 Å². The van der Waals surface area contributed by atoms with Crippen LogP contribution in [-0.4, -0.2) is 18.6 Å². The second kappa shape index (κ2) is 9.79. The molecule has 5 nitrogen and oxygen atoms in total. The molecule has 6 heteroatoms. The second-order valence-corrected chi connectivity index (χ2v) is 7.92. The van der Waals surface area contributed by atoms with E-state index in [0.717, 1.165) is 24.8 Å². The van der Waals surface area contributed by atoms with Crippen molar-refractivity contribution in [3.05, 3.63) is 64.7 Å². The number of benzene rings is 2. The van der Waals surface area contributed by atoms with Crippen LogP contribution < -0.4 is 10.6 Å². The molecule has 0 heterocycles. The Kier molecular flexibility index (Phi) is 7.15. The summed E-state index contributed by atoms with van der Waals surface area (Å²) in [6, 6.07) is 15.1. The number of ether oxygens (including phenoxy) is 1. The number of carbonyl (C=O) groups is 2. The Morgan fingerprint density at radius 3 is 2.41 bits per heavy atom. The van der Waals surface area contributed by atoms with Crippen molar-refractivity contribution in [1.82, 2.24) is 5.32 Å². The van der Waals surface area contributed by atoms with E-state index in [1.807, 2.05) is 42.5 Å². The van der Waals surface area contributed by atoms with E-state index in [4.69, 9.17) is 16.3 Å². The number of carbonyl (C=O) groups excluding carboxylic acids is 2. The van der Waals surface area contributed by atoms with Crippen molar-refractivity contribution in [3.63, 3.8) is 0 Å². The fourth-order valence-electron chi connectivity index (χ4n) is 3.67. The van der Waals surface area contributed by atoms with Crippen LogP contribution in [0.3, 0.4) is 0 Å². The van der Waals surface area contributed by atoms with Gasteiger partial charge in [-0.3, -0.25) is 10.1 Å². The van der Waals surface area contributed by atoms with Crippen LogP contribution in [-0.2, 0) is 22.5 Å². The van der Waals surface area contributed by atoms with Gasteiger partial charge in [-0.05, 0) is 48.6 Å². The van der Waals surface area contributed by atoms with Gasteiger partial charge in [-0.2, -0.15) is 0 Å². The van der Waals surface area contributed by atoms with Gasteiger partial charge in [0, 0.05) is 17.3 Å². The highest BCUT2D eigenvalue weighted by Gasteiger charge is 2.42. The zero-order valence-corrected chi connectivity index (χ0v) is 17.4. The molecule has 154 valence electrons. The van der Waals surface area contributed by atoms with Crippen LogP contribution in [0.4, 0.5) is 10.5 Å². The molecule has 1 saturated carbocycles. The van der Waals surface area contributed by atoms with Gasteiger partial charge in [-0.1, -0.05) is 61.7 Å². The molecule has 2 aromatic carbocycles. The number of anilines is 1. The highest BCUT2D eigenvalue weighted by Crippen LogP contribution is 2.39. The van der Waals surface area contributed by atoms with Gasteiger partial charge >= 0.3 is 6.09 Å². The zero-order valence-electron chi connectivity index (χ0n) is 16.7. The molecule has 2 amide bonds. The van der Waals surface area contributed by atoms with Gasteiger partial charge in [-0.15, -0.1) is 0 Å². The minimum atomic E-state index is -0.676. The molecule has 0 unspecified atom stereocenters. The molecule has 1 aliphatic rings. The van der Waals surface area contributed by atoms with Gasteiger partial charge in [0.2, 0.25) is 5.91 Å². The van der Waals surface area contributed by atoms with Crippen LogP contribution in [0.15, 0.2) is 48.5 Å². The van der Waals surface area contributed by atoms with Gasteiger partial charge in [0.1, 0.15) is 6.61 Å². The predicted octanol–water partition coefficient (Wildman–Crippen LogP) is 5.33. The standard InChI is InChI=1S/C23H27ClN2O3/c1-2-17-9-11-19(12-10-17)26-22(28)29-16-23(13-5-6-14-23)21(27)25-15-18-7-3-4-8-20(18)24/h3-4,7-12H,2,5-6,13-16H2,1H3,(H,25,27)(H,26,28). The summed E-state index contributed by atoms with van der Waals surface area (Å²) in [7, 11) is 0. The highest BCUT2D eigenvalue weighted by molar-refractivity contribution is 6.31. The fourth-order valence-corrected chi connectivity index (χ4v) is 3.88. The summed E-state index contributed by atoms with van der Waals surface area (Å²) in [4.78, 5) is 25.2. The number of hydrogen-bond donors (Lipinski definition) is 2. The first kappa shape index (κ1) is 21.2. The molecular formula is C23H27ClN2O3. The van der Waals surface area contributed by atoms with E-state index in [-0.39, 0.29) is 12.5 Å². The summed E-state index contributed by atoms with van der Waals surface area (Å²) in [6.07, 6.45) is 3.71. The summed E-state index contributed by atoms with van der Waals surface area (Å²) in [5, 5.41) is 6.33. The molecule has 1 aliphatic carbocycles. The summed E-state index contributed by atoms with van der Waals surface area (Å²) in [5.74, 6) is -0.0879. The van der Waals surface area contributed by atoms with Crippen molar-refractivity contribution < 1.29 is 14.3 Å². The lowest BCUT2D eigenvalue weighted by Gasteiger charge is -2.27. The SMILES string of the molecule is CCc1ccc(NC(=O)OCC2(C(=O)NCc3ccccc3Cl)CCCC2)cc1. The zero-order chi connectivity index (χ0) is 20.7. The first-order valence-electron chi connectivity index (χ1n) is 10.1. The average molecular weight is 415 g/mol. The van der Waals surface area contributed by atoms with E-state index in [1.54, 1.807) is 6.07 Å². The van der Waals surface area contributed by atoms with Crippen molar-refractivity contribution in [2.45, 2.75) is 45.6 Å². The van der Waals surface area contributed by atoms with E-state index in [9.17, 15) is 9.59 Å². The molecular weight excluding hydrogens is 388 g/mol. The Hall–Kier alpha value is -2.53. The molecule has 2 aromatic rings. The molecule has 0 atom stereocenters. The first-order valence-corrected chi connectivity index (χ1v) is 10.4. The lowest BCUT2D eigenvalue weighted by molar-refractivity contribution is -0.133. The lowest BCUT2D eigenvalue weighted by atomic mass is 9.86. The maximum Gasteiger partial charge on any atom is 0.411 e. The number of hydrogen-bond acceptors (Lipinski definition) is 3. The third-order valence-electron chi connectivity index (χ3n) is 5.53. The van der Waals surface area contributed by atoms with Gasteiger partial charge in [-0.25, -0.2) is 4.79 Å². The second-order valence-electron chi connectivity index (χ2n) is 7.51. The smallest absolute Gasteiger partial charge is 0.411 e. The number of aryl methyl sites for hydroxylation is 1. The summed E-state index contributed by atoms with van der Waals surface area (Å²) >= 11 is 6.17. The minimum absolute atomic E-state index is 0.0697. The monoisotopic (exact) mass is 414 g/mol. The number of rotatable bonds is 7. The average Bonchev–Trinajstić information content (AvgIpc) is 3.22. The minimum Gasteiger partial charge on any atom is -0.448 e. The maximum absolute atomic E-state index is 12.9. The largest absolute Gasteiger partial charge is 0.448 e. The van der Waals surface area contributed by atoms with Gasteiger partial charge in [0.25, 0.3) is 0 Å². The first-order chi connectivity index (χ1) is 14.0. The van der Waals surface area contributed by atoms with E-state index in [1.165, 1.54) is 5.56 Å². The summed E-state index contributed by atoms with van der Waals surface area (Å²) in [5.41, 5.74) is 2.06. The third-order valence-corrected chi connectivity index (χ3v) is 5.90. The lowest BCUT2D eigenvalue weighted by Crippen LogP contribution is -2.43. The highest BCUT2D eigenvalue weighted by atomic mass is 35.5. The van der Waals surface area contributed by atoms with Crippen molar-refractivity contribution in [3.8, 4) is 0 Å². The van der Waals surface area contributed by atoms with Crippen LogP contribution in [0.2, 0.25) is 5.02 Å². The molecule has 0 bridgehead atoms. The van der Waals surface area contributed by atoms with E-state index < -0.39 is 11.5 Å². The number of nitrogens with one attached hydrogen (secondary N) is 2. The number of halogens is 1. The Balaban J connectivity index is 1.56. The molecule has 0 spiro atoms. The number of amides is 2. The van der Waals surface area contributed by atoms with Gasteiger partial charge in [0.15, 0.2) is 0 Å². The van der Waals surface area contributed by atoms with Gasteiger partial charge in [0.05, 0.1) is 5.41 Å². The quantitative estimate of drug-likeness (QED) is 0.643. The summed E-state index contributed by atoms with van der Waals surface area (Å²) < 4.78 is 5.45. The van der Waals surface area contributed by atoms with Crippen LogP contribution in [0, 0.1) is 5.41 Å². The molecule has 0 aromatic heterocycles. The van der Waals surface area contributed by atoms with Crippen LogP contribution >= 0.6 is 11.6 Å². The molecule has 3 rings (SSSR count). The summed E-state index contributed by atoms with van der Waals surface area (Å²) in [6.45, 7) is 2.50. The van der Waals surface area contributed by atoms with Crippen molar-refractivity contribution in [1.29, 1.82) is 0 Å². The molecule has 2 N–H and O–H groups in total.